The van der Waals surface area contributed by atoms with Crippen LogP contribution in [0.2, 0.25) is 0 Å². The van der Waals surface area contributed by atoms with Crippen molar-refractivity contribution >= 4 is 34.7 Å². The van der Waals surface area contributed by atoms with Gasteiger partial charge in [-0.3, -0.25) is 10.9 Å². The van der Waals surface area contributed by atoms with Crippen LogP contribution >= 0.6 is 12.2 Å². The average molecular weight is 318 g/mol. The molecule has 0 heterocycles. The Morgan fingerprint density at radius 1 is 1.14 bits per heavy atom. The van der Waals surface area contributed by atoms with E-state index in [2.05, 4.69) is 16.2 Å². The second-order valence-electron chi connectivity index (χ2n) is 4.53. The summed E-state index contributed by atoms with van der Waals surface area (Å²) >= 11 is 5.07. The number of carboxylic acid groups (broad SMARTS) is 1. The molecule has 7 heteroatoms. The third kappa shape index (κ3) is 4.16. The van der Waals surface area contributed by atoms with Crippen molar-refractivity contribution in [2.45, 2.75) is 6.92 Å². The number of thiocarbonyl (C=S) groups is 1. The zero-order chi connectivity index (χ0) is 16.1. The standard InChI is InChI=1S/C15H14FN3O2S/c1-9-2-5-12(8-13(9)16)17-15(22)19-18-11-6-3-10(4-7-11)14(20)21/h2-8,18H,1H3,(H,20,21)(H2,17,19,22)/p-1. The van der Waals surface area contributed by atoms with E-state index in [1.807, 2.05) is 0 Å². The Bertz CT molecular complexity index is 704. The van der Waals surface area contributed by atoms with Crippen LogP contribution < -0.4 is 21.3 Å². The Morgan fingerprint density at radius 2 is 1.77 bits per heavy atom. The number of benzene rings is 2. The monoisotopic (exact) mass is 318 g/mol. The van der Waals surface area contributed by atoms with E-state index in [0.717, 1.165) is 0 Å². The molecule has 3 N–H and O–H groups in total. The highest BCUT2D eigenvalue weighted by Crippen LogP contribution is 2.13. The zero-order valence-corrected chi connectivity index (χ0v) is 12.5. The number of aromatic carboxylic acids is 1. The third-order valence-corrected chi connectivity index (χ3v) is 3.07. The number of carboxylic acids is 1. The lowest BCUT2D eigenvalue weighted by Crippen LogP contribution is -2.33. The summed E-state index contributed by atoms with van der Waals surface area (Å²) in [5.74, 6) is -1.56. The largest absolute Gasteiger partial charge is 0.545 e. The van der Waals surface area contributed by atoms with Gasteiger partial charge in [0.2, 0.25) is 0 Å². The zero-order valence-electron chi connectivity index (χ0n) is 11.6. The van der Waals surface area contributed by atoms with Crippen molar-refractivity contribution in [1.82, 2.24) is 5.43 Å². The van der Waals surface area contributed by atoms with E-state index in [-0.39, 0.29) is 16.5 Å². The van der Waals surface area contributed by atoms with E-state index in [0.29, 0.717) is 16.9 Å². The van der Waals surface area contributed by atoms with Gasteiger partial charge in [-0.25, -0.2) is 4.39 Å². The number of hydrazine groups is 1. The molecule has 0 aromatic heterocycles. The SMILES string of the molecule is Cc1ccc(NC(=S)NNc2ccc(C(=O)[O-])cc2)cc1F. The fourth-order valence-corrected chi connectivity index (χ4v) is 1.82. The van der Waals surface area contributed by atoms with Gasteiger partial charge in [0.1, 0.15) is 5.82 Å². The molecule has 0 aliphatic carbocycles. The summed E-state index contributed by atoms with van der Waals surface area (Å²) in [5, 5.41) is 13.7. The van der Waals surface area contributed by atoms with E-state index in [1.165, 1.54) is 18.2 Å². The van der Waals surface area contributed by atoms with Crippen molar-refractivity contribution in [2.24, 2.45) is 0 Å². The highest BCUT2D eigenvalue weighted by molar-refractivity contribution is 7.80. The molecule has 0 amide bonds. The summed E-state index contributed by atoms with van der Waals surface area (Å²) in [6, 6.07) is 10.6. The molecule has 0 aliphatic rings. The van der Waals surface area contributed by atoms with Crippen LogP contribution in [-0.4, -0.2) is 11.1 Å². The molecular formula is C15H13FN3O2S-. The number of halogens is 1. The molecule has 114 valence electrons. The number of hydrogen-bond donors (Lipinski definition) is 3. The number of rotatable bonds is 4. The molecule has 0 unspecified atom stereocenters. The second-order valence-corrected chi connectivity index (χ2v) is 4.94. The predicted molar refractivity (Wildman–Crippen MR) is 84.9 cm³/mol. The number of hydrogen-bond acceptors (Lipinski definition) is 4. The van der Waals surface area contributed by atoms with Crippen molar-refractivity contribution in [3.05, 3.63) is 59.4 Å². The van der Waals surface area contributed by atoms with Crippen LogP contribution in [0.3, 0.4) is 0 Å². The fraction of sp³-hybridized carbons (Fsp3) is 0.0667. The van der Waals surface area contributed by atoms with E-state index in [4.69, 9.17) is 12.2 Å². The van der Waals surface area contributed by atoms with Crippen LogP contribution in [0.5, 0.6) is 0 Å². The molecule has 0 radical (unpaired) electrons. The van der Waals surface area contributed by atoms with E-state index in [9.17, 15) is 14.3 Å². The maximum Gasteiger partial charge on any atom is 0.189 e. The summed E-state index contributed by atoms with van der Waals surface area (Å²) in [5.41, 5.74) is 7.28. The minimum atomic E-state index is -1.24. The van der Waals surface area contributed by atoms with E-state index < -0.39 is 5.97 Å². The Morgan fingerprint density at radius 3 is 2.36 bits per heavy atom. The summed E-state index contributed by atoms with van der Waals surface area (Å²) in [6.07, 6.45) is 0. The first-order chi connectivity index (χ1) is 10.5. The lowest BCUT2D eigenvalue weighted by molar-refractivity contribution is -0.255. The first-order valence-corrected chi connectivity index (χ1v) is 6.77. The summed E-state index contributed by atoms with van der Waals surface area (Å²) < 4.78 is 13.4. The quantitative estimate of drug-likeness (QED) is 0.590. The van der Waals surface area contributed by atoms with Crippen molar-refractivity contribution in [3.63, 3.8) is 0 Å². The molecule has 0 saturated carbocycles. The van der Waals surface area contributed by atoms with E-state index >= 15 is 0 Å². The molecule has 22 heavy (non-hydrogen) atoms. The molecule has 2 rings (SSSR count). The molecule has 2 aromatic carbocycles. The molecule has 5 nitrogen and oxygen atoms in total. The van der Waals surface area contributed by atoms with Gasteiger partial charge in [-0.2, -0.15) is 0 Å². The van der Waals surface area contributed by atoms with Crippen LogP contribution in [0.1, 0.15) is 15.9 Å². The lowest BCUT2D eigenvalue weighted by atomic mass is 10.2. The normalized spacial score (nSPS) is 9.91. The van der Waals surface area contributed by atoms with Gasteiger partial charge in [-0.1, -0.05) is 18.2 Å². The van der Waals surface area contributed by atoms with Crippen molar-refractivity contribution in [2.75, 3.05) is 10.7 Å². The molecular weight excluding hydrogens is 305 g/mol. The third-order valence-electron chi connectivity index (χ3n) is 2.87. The maximum atomic E-state index is 13.4. The summed E-state index contributed by atoms with van der Waals surface area (Å²) in [7, 11) is 0. The van der Waals surface area contributed by atoms with Gasteiger partial charge in [0.25, 0.3) is 0 Å². The molecule has 2 aromatic rings. The first kappa shape index (κ1) is 15.7. The molecule has 0 fully saturated rings. The number of carbonyl (C=O) groups is 1. The Kier molecular flexibility index (Phi) is 4.90. The Labute approximate surface area is 132 Å². The van der Waals surface area contributed by atoms with Crippen LogP contribution in [-0.2, 0) is 0 Å². The van der Waals surface area contributed by atoms with Crippen LogP contribution in [0.15, 0.2) is 42.5 Å². The number of nitrogens with one attached hydrogen (secondary N) is 3. The molecule has 0 saturated heterocycles. The van der Waals surface area contributed by atoms with Gasteiger partial charge in [-0.15, -0.1) is 0 Å². The number of anilines is 2. The van der Waals surface area contributed by atoms with Gasteiger partial charge in [0, 0.05) is 5.69 Å². The molecule has 0 spiro atoms. The Hall–Kier alpha value is -2.67. The van der Waals surface area contributed by atoms with Gasteiger partial charge in [0.05, 0.1) is 11.7 Å². The molecule has 0 bridgehead atoms. The van der Waals surface area contributed by atoms with Crippen molar-refractivity contribution < 1.29 is 14.3 Å². The smallest absolute Gasteiger partial charge is 0.189 e. The molecule has 0 atom stereocenters. The number of aryl methyl sites for hydroxylation is 1. The summed E-state index contributed by atoms with van der Waals surface area (Å²) in [6.45, 7) is 1.67. The topological polar surface area (TPSA) is 76.2 Å². The highest BCUT2D eigenvalue weighted by Gasteiger charge is 2.01. The van der Waals surface area contributed by atoms with Gasteiger partial charge >= 0.3 is 0 Å². The van der Waals surface area contributed by atoms with Gasteiger partial charge < -0.3 is 15.2 Å². The molecule has 0 aliphatic heterocycles. The maximum absolute atomic E-state index is 13.4. The highest BCUT2D eigenvalue weighted by atomic mass is 32.1. The van der Waals surface area contributed by atoms with Gasteiger partial charge in [-0.05, 0) is 54.5 Å². The first-order valence-electron chi connectivity index (χ1n) is 6.36. The van der Waals surface area contributed by atoms with Crippen molar-refractivity contribution in [3.8, 4) is 0 Å². The van der Waals surface area contributed by atoms with E-state index in [1.54, 1.807) is 31.2 Å². The summed E-state index contributed by atoms with van der Waals surface area (Å²) in [4.78, 5) is 10.6. The average Bonchev–Trinajstić information content (AvgIpc) is 2.49. The van der Waals surface area contributed by atoms with Crippen LogP contribution in [0.25, 0.3) is 0 Å². The van der Waals surface area contributed by atoms with Crippen LogP contribution in [0.4, 0.5) is 15.8 Å². The van der Waals surface area contributed by atoms with Crippen LogP contribution in [0, 0.1) is 12.7 Å². The van der Waals surface area contributed by atoms with Crippen molar-refractivity contribution in [1.29, 1.82) is 0 Å². The second kappa shape index (κ2) is 6.86. The minimum Gasteiger partial charge on any atom is -0.545 e. The van der Waals surface area contributed by atoms with Gasteiger partial charge in [0.15, 0.2) is 5.11 Å². The predicted octanol–water partition coefficient (Wildman–Crippen LogP) is 1.81. The minimum absolute atomic E-state index is 0.0846. The fourth-order valence-electron chi connectivity index (χ4n) is 1.65. The Balaban J connectivity index is 1.89. The number of carbonyl (C=O) groups excluding carboxylic acids is 1. The lowest BCUT2D eigenvalue weighted by Gasteiger charge is -2.13.